The van der Waals surface area contributed by atoms with Crippen LogP contribution in [0.2, 0.25) is 0 Å². The van der Waals surface area contributed by atoms with Gasteiger partial charge in [0.25, 0.3) is 0 Å². The Morgan fingerprint density at radius 2 is 0.476 bits per heavy atom. The van der Waals surface area contributed by atoms with Gasteiger partial charge in [0.1, 0.15) is 11.2 Å². The molecule has 23 rings (SSSR count). The van der Waals surface area contributed by atoms with Gasteiger partial charge in [0, 0.05) is 113 Å². The molecule has 0 aliphatic rings. The Kier molecular flexibility index (Phi) is 6.87. The van der Waals surface area contributed by atoms with Gasteiger partial charge in [-0.2, -0.15) is 0 Å². The third-order valence-corrected chi connectivity index (χ3v) is 20.1. The molecule has 0 atom stereocenters. The Morgan fingerprint density at radius 1 is 0.190 bits per heavy atom. The summed E-state index contributed by atoms with van der Waals surface area (Å²) < 4.78 is 19.6. The van der Waals surface area contributed by atoms with E-state index in [1.54, 1.807) is 0 Å². The van der Waals surface area contributed by atoms with E-state index in [4.69, 9.17) is 4.42 Å². The van der Waals surface area contributed by atoms with Crippen molar-refractivity contribution in [2.75, 3.05) is 0 Å². The van der Waals surface area contributed by atoms with Crippen molar-refractivity contribution in [2.45, 2.75) is 0 Å². The third-order valence-electron chi connectivity index (χ3n) is 20.1. The Labute approximate surface area is 473 Å². The van der Waals surface area contributed by atoms with Crippen molar-refractivity contribution in [3.8, 4) is 16.8 Å². The smallest absolute Gasteiger partial charge is 0.136 e. The van der Waals surface area contributed by atoms with Crippen molar-refractivity contribution in [3.63, 3.8) is 0 Å². The van der Waals surface area contributed by atoms with Crippen molar-refractivity contribution in [2.24, 2.45) is 0 Å². The van der Waals surface area contributed by atoms with E-state index in [9.17, 15) is 0 Å². The summed E-state index contributed by atoms with van der Waals surface area (Å²) in [5.74, 6) is 0. The van der Waals surface area contributed by atoms with Crippen molar-refractivity contribution < 1.29 is 4.42 Å². The van der Waals surface area contributed by atoms with Crippen LogP contribution in [0.3, 0.4) is 0 Å². The molecular formula is C78H39N5O. The fraction of sp³-hybridized carbons (Fsp3) is 0. The van der Waals surface area contributed by atoms with Crippen LogP contribution in [0.25, 0.3) is 213 Å². The molecule has 0 aliphatic carbocycles. The van der Waals surface area contributed by atoms with Crippen LogP contribution >= 0.6 is 0 Å². The molecule has 23 aromatic rings. The molecule has 0 saturated carbocycles. The summed E-state index contributed by atoms with van der Waals surface area (Å²) in [5, 5.41) is 24.9. The molecule has 10 heterocycles. The lowest BCUT2D eigenvalue weighted by Gasteiger charge is -2.09. The molecule has 382 valence electrons. The molecule has 0 saturated heterocycles. The second-order valence-electron chi connectivity index (χ2n) is 23.9. The molecular weight excluding hydrogens is 1020 g/mol. The molecule has 6 heteroatoms. The average Bonchev–Trinajstić information content (AvgIpc) is 2.67. The SMILES string of the molecule is c1ccc(-n2c3cc4c5cccc6c7ccccc7n(c4cc3c3cc4c(cc32)c2cc(-c3cc7c8ccccc8n8c9cc%10c(cc9c(c3)c78)oc3cc7c8cccc9c%11ccccc%11n(c7cc3%10)c98)cc3c7ccccc7n4c32)c65)cc1. The summed E-state index contributed by atoms with van der Waals surface area (Å²) in [4.78, 5) is 0. The van der Waals surface area contributed by atoms with E-state index < -0.39 is 0 Å². The van der Waals surface area contributed by atoms with Gasteiger partial charge in [-0.3, -0.25) is 0 Å². The maximum Gasteiger partial charge on any atom is 0.136 e. The van der Waals surface area contributed by atoms with Crippen molar-refractivity contribution in [1.29, 1.82) is 0 Å². The first-order chi connectivity index (χ1) is 41.7. The Morgan fingerprint density at radius 3 is 0.917 bits per heavy atom. The van der Waals surface area contributed by atoms with E-state index in [1.807, 2.05) is 0 Å². The molecule has 0 aliphatic heterocycles. The van der Waals surface area contributed by atoms with Gasteiger partial charge in [0.2, 0.25) is 0 Å². The van der Waals surface area contributed by atoms with Gasteiger partial charge >= 0.3 is 0 Å². The van der Waals surface area contributed by atoms with Crippen molar-refractivity contribution >= 4 is 196 Å². The van der Waals surface area contributed by atoms with Crippen LogP contribution in [0.15, 0.2) is 241 Å². The summed E-state index contributed by atoms with van der Waals surface area (Å²) in [5.41, 5.74) is 22.6. The van der Waals surface area contributed by atoms with Gasteiger partial charge in [-0.05, 0) is 120 Å². The van der Waals surface area contributed by atoms with Crippen LogP contribution in [0.4, 0.5) is 0 Å². The predicted molar refractivity (Wildman–Crippen MR) is 352 cm³/mol. The molecule has 0 spiro atoms. The Hall–Kier alpha value is -11.3. The maximum absolute atomic E-state index is 7.01. The van der Waals surface area contributed by atoms with Crippen molar-refractivity contribution in [1.82, 2.24) is 22.2 Å². The van der Waals surface area contributed by atoms with Crippen LogP contribution in [0, 0.1) is 0 Å². The highest BCUT2D eigenvalue weighted by Gasteiger charge is 2.27. The van der Waals surface area contributed by atoms with Gasteiger partial charge < -0.3 is 26.6 Å². The molecule has 0 amide bonds. The summed E-state index contributed by atoms with van der Waals surface area (Å²) >= 11 is 0. The fourth-order valence-corrected chi connectivity index (χ4v) is 16.8. The standard InChI is InChI=1S/C78H39N5O/c1-2-14-42(15-3-1)79-67-32-51-49-22-12-20-47-43-16-4-8-24-63(43)80(75(47)49)69(51)33-52(67)53-34-70-54(35-68(53)79)61-30-40(28-59-45-18-6-10-26-65(45)82(70)77(59)61)41-29-60-46-19-7-11-27-66(46)83-72-37-58-57-36-71-55(38-73(57)84-74(58)39-56(72)62(31-41)78(60)83)50-23-13-21-48-44-17-5-9-25-64(44)81(71)76(48)50/h1-39H. The van der Waals surface area contributed by atoms with Gasteiger partial charge in [-0.15, -0.1) is 0 Å². The molecule has 84 heavy (non-hydrogen) atoms. The quantitative estimate of drug-likeness (QED) is 0.170. The number of hydrogen-bond donors (Lipinski definition) is 0. The van der Waals surface area contributed by atoms with Crippen LogP contribution in [0.5, 0.6) is 0 Å². The minimum Gasteiger partial charge on any atom is -0.456 e. The van der Waals surface area contributed by atoms with Crippen LogP contribution in [-0.4, -0.2) is 22.2 Å². The van der Waals surface area contributed by atoms with E-state index in [-0.39, 0.29) is 0 Å². The maximum atomic E-state index is 7.01. The van der Waals surface area contributed by atoms with E-state index in [0.29, 0.717) is 0 Å². The number of aromatic nitrogens is 5. The van der Waals surface area contributed by atoms with Crippen LogP contribution in [-0.2, 0) is 0 Å². The number of furan rings is 1. The van der Waals surface area contributed by atoms with Crippen LogP contribution in [0.1, 0.15) is 0 Å². The minimum absolute atomic E-state index is 0.903. The average molecular weight is 1060 g/mol. The van der Waals surface area contributed by atoms with Crippen molar-refractivity contribution in [3.05, 3.63) is 237 Å². The second-order valence-corrected chi connectivity index (χ2v) is 23.9. The summed E-state index contributed by atoms with van der Waals surface area (Å²) in [6.45, 7) is 0. The highest BCUT2D eigenvalue weighted by Crippen LogP contribution is 2.50. The number of fused-ring (bicyclic) bond motifs is 30. The number of benzene rings is 13. The molecule has 0 N–H and O–H groups in total. The zero-order valence-electron chi connectivity index (χ0n) is 44.7. The molecule has 6 nitrogen and oxygen atoms in total. The van der Waals surface area contributed by atoms with Gasteiger partial charge in [-0.25, -0.2) is 0 Å². The lowest BCUT2D eigenvalue weighted by atomic mass is 9.96. The molecule has 0 fully saturated rings. The zero-order valence-corrected chi connectivity index (χ0v) is 44.7. The molecule has 13 aromatic carbocycles. The Balaban J connectivity index is 0.798. The first-order valence-corrected chi connectivity index (χ1v) is 29.1. The number of nitrogens with zero attached hydrogens (tertiary/aromatic N) is 5. The molecule has 10 aromatic heterocycles. The zero-order chi connectivity index (χ0) is 53.7. The van der Waals surface area contributed by atoms with Gasteiger partial charge in [-0.1, -0.05) is 127 Å². The Bertz CT molecular complexity index is 6960. The summed E-state index contributed by atoms with van der Waals surface area (Å²) in [6, 6.07) is 89.4. The second kappa shape index (κ2) is 13.9. The van der Waals surface area contributed by atoms with E-state index in [1.165, 1.54) is 185 Å². The largest absolute Gasteiger partial charge is 0.456 e. The lowest BCUT2D eigenvalue weighted by molar-refractivity contribution is 0.670. The molecule has 0 bridgehead atoms. The number of para-hydroxylation sites is 7. The number of hydrogen-bond acceptors (Lipinski definition) is 1. The number of rotatable bonds is 2. The molecule has 0 radical (unpaired) electrons. The fourth-order valence-electron chi connectivity index (χ4n) is 16.8. The topological polar surface area (TPSA) is 35.7 Å². The first-order valence-electron chi connectivity index (χ1n) is 29.1. The highest BCUT2D eigenvalue weighted by molar-refractivity contribution is 6.32. The molecule has 0 unspecified atom stereocenters. The highest BCUT2D eigenvalue weighted by atomic mass is 16.3. The normalized spacial score (nSPS) is 13.2. The van der Waals surface area contributed by atoms with Gasteiger partial charge in [0.15, 0.2) is 0 Å². The van der Waals surface area contributed by atoms with Gasteiger partial charge in [0.05, 0.1) is 77.2 Å². The third kappa shape index (κ3) is 4.61. The summed E-state index contributed by atoms with van der Waals surface area (Å²) in [6.07, 6.45) is 0. The van der Waals surface area contributed by atoms with E-state index in [0.717, 1.165) is 27.6 Å². The van der Waals surface area contributed by atoms with E-state index >= 15 is 0 Å². The minimum atomic E-state index is 0.903. The summed E-state index contributed by atoms with van der Waals surface area (Å²) in [7, 11) is 0. The van der Waals surface area contributed by atoms with Crippen LogP contribution < -0.4 is 0 Å². The lowest BCUT2D eigenvalue weighted by Crippen LogP contribution is -1.93. The predicted octanol–water partition coefficient (Wildman–Crippen LogP) is 21.0. The first kappa shape index (κ1) is 41.6. The van der Waals surface area contributed by atoms with E-state index in [2.05, 4.69) is 259 Å². The monoisotopic (exact) mass is 1060 g/mol.